The van der Waals surface area contributed by atoms with Crippen LogP contribution in [0.1, 0.15) is 120 Å². The molecule has 7 nitrogen and oxygen atoms in total. The summed E-state index contributed by atoms with van der Waals surface area (Å²) in [5.41, 5.74) is 5.88. The third kappa shape index (κ3) is 17.7. The molecule has 0 aromatic heterocycles. The van der Waals surface area contributed by atoms with Crippen molar-refractivity contribution in [3.63, 3.8) is 0 Å². The molecular weight excluding hydrogens is 755 g/mol. The van der Waals surface area contributed by atoms with Crippen molar-refractivity contribution in [3.05, 3.63) is 119 Å². The highest BCUT2D eigenvalue weighted by atomic mass is 32.1. The minimum Gasteiger partial charge on any atom is -0.508 e. The topological polar surface area (TPSA) is 56.7 Å². The molecule has 58 heavy (non-hydrogen) atoms. The molecule has 0 aliphatic rings. The Kier molecular flexibility index (Phi) is 26.0. The first-order chi connectivity index (χ1) is 27.5. The number of aromatic hydroxyl groups is 2. The van der Waals surface area contributed by atoms with E-state index in [-0.39, 0.29) is 6.04 Å². The molecule has 0 radical (unpaired) electrons. The Hall–Kier alpha value is -3.02. The number of phenols is 2. The van der Waals surface area contributed by atoms with Gasteiger partial charge in [-0.1, -0.05) is 102 Å². The maximum Gasteiger partial charge on any atom is 0.120 e. The van der Waals surface area contributed by atoms with Crippen molar-refractivity contribution in [2.24, 2.45) is 0 Å². The van der Waals surface area contributed by atoms with E-state index in [0.29, 0.717) is 29.6 Å². The highest BCUT2D eigenvalue weighted by Crippen LogP contribution is 2.32. The zero-order valence-electron chi connectivity index (χ0n) is 38.4. The smallest absolute Gasteiger partial charge is 0.120 e. The fraction of sp³-hybridized carbons (Fsp3) is 0.510. The Morgan fingerprint density at radius 3 is 1.47 bits per heavy atom. The lowest BCUT2D eigenvalue weighted by Crippen LogP contribution is -2.28. The van der Waals surface area contributed by atoms with Crippen molar-refractivity contribution in [1.29, 1.82) is 0 Å². The van der Waals surface area contributed by atoms with Gasteiger partial charge in [-0.25, -0.2) is 0 Å². The van der Waals surface area contributed by atoms with Gasteiger partial charge in [0.25, 0.3) is 0 Å². The van der Waals surface area contributed by atoms with Crippen LogP contribution in [0.25, 0.3) is 0 Å². The second kappa shape index (κ2) is 28.4. The van der Waals surface area contributed by atoms with Gasteiger partial charge in [0.1, 0.15) is 11.5 Å². The van der Waals surface area contributed by atoms with E-state index >= 15 is 0 Å². The Morgan fingerprint density at radius 2 is 1.00 bits per heavy atom. The number of hydrogen-bond donors (Lipinski definition) is 4. The van der Waals surface area contributed by atoms with E-state index in [1.807, 2.05) is 62.6 Å². The molecule has 0 saturated carbocycles. The lowest BCUT2D eigenvalue weighted by atomic mass is 9.99. The summed E-state index contributed by atoms with van der Waals surface area (Å²) in [6.07, 6.45) is 2.23. The predicted molar refractivity (Wildman–Crippen MR) is 257 cm³/mol. The van der Waals surface area contributed by atoms with E-state index in [1.54, 1.807) is 12.1 Å². The maximum atomic E-state index is 9.93. The average Bonchev–Trinajstić information content (AvgIpc) is 3.20. The molecule has 4 aromatic carbocycles. The van der Waals surface area contributed by atoms with Gasteiger partial charge in [0.15, 0.2) is 0 Å². The summed E-state index contributed by atoms with van der Waals surface area (Å²) in [5, 5.41) is 19.9. The normalized spacial score (nSPS) is 13.3. The average molecular weight is 834 g/mol. The van der Waals surface area contributed by atoms with Gasteiger partial charge in [-0.2, -0.15) is 0 Å². The summed E-state index contributed by atoms with van der Waals surface area (Å²) in [6.45, 7) is 22.6. The Balaban J connectivity index is 0.000000391. The lowest BCUT2D eigenvalue weighted by molar-refractivity contribution is 0.203. The number of hydrogen-bond acceptors (Lipinski definition) is 9. The monoisotopic (exact) mass is 834 g/mol. The number of nitrogens with zero attached hydrogens (tertiary/aromatic N) is 5. The largest absolute Gasteiger partial charge is 0.508 e. The van der Waals surface area contributed by atoms with Crippen LogP contribution in [-0.4, -0.2) is 103 Å². The molecule has 0 fully saturated rings. The van der Waals surface area contributed by atoms with Crippen LogP contribution >= 0.6 is 25.3 Å². The first kappa shape index (κ1) is 53.0. The molecule has 0 aliphatic carbocycles. The van der Waals surface area contributed by atoms with Crippen molar-refractivity contribution in [2.75, 3.05) is 68.5 Å². The first-order valence-corrected chi connectivity index (χ1v) is 22.0. The fourth-order valence-corrected chi connectivity index (χ4v) is 7.36. The molecule has 324 valence electrons. The van der Waals surface area contributed by atoms with E-state index in [0.717, 1.165) is 66.5 Å². The van der Waals surface area contributed by atoms with E-state index < -0.39 is 0 Å². The van der Waals surface area contributed by atoms with Gasteiger partial charge < -0.3 is 24.9 Å². The number of para-hydroxylation sites is 1. The molecule has 4 rings (SSSR count). The van der Waals surface area contributed by atoms with Crippen LogP contribution in [0.3, 0.4) is 0 Å². The summed E-state index contributed by atoms with van der Waals surface area (Å²) in [4.78, 5) is 13.4. The summed E-state index contributed by atoms with van der Waals surface area (Å²) in [5.74, 6) is 0.800. The van der Waals surface area contributed by atoms with E-state index in [1.165, 1.54) is 16.7 Å². The van der Waals surface area contributed by atoms with E-state index in [4.69, 9.17) is 0 Å². The molecule has 2 N–H and O–H groups in total. The van der Waals surface area contributed by atoms with Gasteiger partial charge in [-0.3, -0.25) is 9.80 Å². The third-order valence-electron chi connectivity index (χ3n) is 10.9. The third-order valence-corrected chi connectivity index (χ3v) is 11.7. The van der Waals surface area contributed by atoms with Crippen molar-refractivity contribution in [2.45, 2.75) is 109 Å². The van der Waals surface area contributed by atoms with Crippen LogP contribution in [0, 0.1) is 0 Å². The standard InChI is InChI=1S/C14H24N2O.C14H23NO.C12H19NS.C9H13NS/c1-10(15(3)4)12-7-8-14(17)13(9-12)11(2)16(5)6;1-4-9-13(15(5-2)6-3)12-10-7-8-11-14(12)16;1-4-13(5-2)10(3)11-8-6-7-9-12(11)14;1-10(2)7-8-5-3-4-6-9(8)11/h7-11,17H,1-6H3;7-8,10-11,13,16H,4-6,9H2,1-3H3;6-10,14H,4-5H2,1-3H3;3-6,11H,7H2,1-2H3. The van der Waals surface area contributed by atoms with Gasteiger partial charge in [0, 0.05) is 51.6 Å². The van der Waals surface area contributed by atoms with Crippen molar-refractivity contribution >= 4 is 25.3 Å². The highest BCUT2D eigenvalue weighted by Gasteiger charge is 2.20. The second-order valence-corrected chi connectivity index (χ2v) is 16.5. The Bertz CT molecular complexity index is 1690. The molecule has 9 heteroatoms. The van der Waals surface area contributed by atoms with Gasteiger partial charge in [0.2, 0.25) is 0 Å². The maximum absolute atomic E-state index is 9.93. The van der Waals surface area contributed by atoms with Crippen molar-refractivity contribution in [1.82, 2.24) is 24.5 Å². The van der Waals surface area contributed by atoms with Gasteiger partial charge in [-0.05, 0) is 143 Å². The highest BCUT2D eigenvalue weighted by molar-refractivity contribution is 7.80. The number of phenolic OH excluding ortho intramolecular Hbond substituents is 2. The molecule has 0 aliphatic heterocycles. The molecule has 0 heterocycles. The van der Waals surface area contributed by atoms with Crippen molar-refractivity contribution < 1.29 is 10.2 Å². The van der Waals surface area contributed by atoms with E-state index in [2.05, 4.69) is 164 Å². The van der Waals surface area contributed by atoms with Crippen molar-refractivity contribution in [3.8, 4) is 11.5 Å². The number of thiol groups is 2. The molecule has 0 amide bonds. The second-order valence-electron chi connectivity index (χ2n) is 15.5. The molecule has 0 bridgehead atoms. The van der Waals surface area contributed by atoms with Gasteiger partial charge >= 0.3 is 0 Å². The Morgan fingerprint density at radius 1 is 0.517 bits per heavy atom. The van der Waals surface area contributed by atoms with Crippen LogP contribution in [-0.2, 0) is 6.54 Å². The first-order valence-electron chi connectivity index (χ1n) is 21.1. The van der Waals surface area contributed by atoms with E-state index in [9.17, 15) is 10.2 Å². The van der Waals surface area contributed by atoms with Crippen LogP contribution in [0.4, 0.5) is 0 Å². The summed E-state index contributed by atoms with van der Waals surface area (Å²) in [7, 11) is 12.3. The molecule has 4 unspecified atom stereocenters. The quantitative estimate of drug-likeness (QED) is 0.0839. The fourth-order valence-electron chi connectivity index (χ4n) is 6.78. The van der Waals surface area contributed by atoms with Crippen LogP contribution in [0.2, 0.25) is 0 Å². The summed E-state index contributed by atoms with van der Waals surface area (Å²) in [6, 6.07) is 31.4. The van der Waals surface area contributed by atoms with Crippen LogP contribution in [0.15, 0.2) is 101 Å². The van der Waals surface area contributed by atoms with Gasteiger partial charge in [-0.15, -0.1) is 25.3 Å². The molecule has 0 saturated heterocycles. The Labute approximate surface area is 365 Å². The summed E-state index contributed by atoms with van der Waals surface area (Å²) >= 11 is 8.83. The molecule has 0 spiro atoms. The molecular formula is C49H79N5O2S2. The van der Waals surface area contributed by atoms with Crippen LogP contribution < -0.4 is 0 Å². The van der Waals surface area contributed by atoms with Crippen LogP contribution in [0.5, 0.6) is 11.5 Å². The molecule has 4 aromatic rings. The number of benzene rings is 4. The number of rotatable bonds is 16. The SMILES string of the molecule is CC(c1ccc(O)c(C(C)N(C)C)c1)N(C)C.CCCC(c1ccccc1O)N(CC)CC.CCN(CC)C(C)c1ccccc1S.CN(C)Cc1ccccc1S. The van der Waals surface area contributed by atoms with Gasteiger partial charge in [0.05, 0.1) is 0 Å². The zero-order chi connectivity index (χ0) is 43.9. The minimum absolute atomic E-state index is 0.212. The summed E-state index contributed by atoms with van der Waals surface area (Å²) < 4.78 is 0. The zero-order valence-corrected chi connectivity index (χ0v) is 40.2. The molecule has 4 atom stereocenters. The lowest BCUT2D eigenvalue weighted by Gasteiger charge is -2.30. The minimum atomic E-state index is 0.212. The predicted octanol–water partition coefficient (Wildman–Crippen LogP) is 11.6.